The van der Waals surface area contributed by atoms with E-state index in [1.807, 2.05) is 49.4 Å². The number of aryl methyl sites for hydroxylation is 1. The maximum atomic E-state index is 13.2. The fourth-order valence-electron chi connectivity index (χ4n) is 3.63. The summed E-state index contributed by atoms with van der Waals surface area (Å²) in [7, 11) is 0. The van der Waals surface area contributed by atoms with Crippen molar-refractivity contribution in [3.05, 3.63) is 70.3 Å². The highest BCUT2D eigenvalue weighted by atomic mass is 35.5. The zero-order valence-corrected chi connectivity index (χ0v) is 15.2. The number of nitrogens with zero attached hydrogens (tertiary/aromatic N) is 1. The number of carbonyl (C=O) groups excluding carboxylic acids is 3. The molecule has 7 heteroatoms. The molecule has 27 heavy (non-hydrogen) atoms. The van der Waals surface area contributed by atoms with Crippen LogP contribution in [0, 0.1) is 6.92 Å². The molecule has 4 amide bonds. The predicted octanol–water partition coefficient (Wildman–Crippen LogP) is 2.74. The molecule has 2 N–H and O–H groups in total. The van der Waals surface area contributed by atoms with Crippen molar-refractivity contribution in [3.63, 3.8) is 0 Å². The third kappa shape index (κ3) is 2.61. The van der Waals surface area contributed by atoms with Crippen LogP contribution >= 0.6 is 11.6 Å². The predicted molar refractivity (Wildman–Crippen MR) is 102 cm³/mol. The lowest BCUT2D eigenvalue weighted by molar-refractivity contribution is -0.133. The molecule has 2 aliphatic rings. The fraction of sp³-hybridized carbons (Fsp3) is 0.150. The van der Waals surface area contributed by atoms with Crippen LogP contribution in [-0.2, 0) is 15.1 Å². The molecule has 136 valence electrons. The maximum absolute atomic E-state index is 13.2. The summed E-state index contributed by atoms with van der Waals surface area (Å²) in [6, 6.07) is 12.3. The van der Waals surface area contributed by atoms with E-state index in [4.69, 9.17) is 11.6 Å². The van der Waals surface area contributed by atoms with E-state index in [1.165, 1.54) is 4.90 Å². The van der Waals surface area contributed by atoms with E-state index >= 15 is 0 Å². The molecule has 4 rings (SSSR count). The van der Waals surface area contributed by atoms with Gasteiger partial charge in [0.05, 0.1) is 5.69 Å². The molecule has 0 aliphatic carbocycles. The number of urea groups is 1. The molecule has 1 saturated heterocycles. The highest BCUT2D eigenvalue weighted by molar-refractivity contribution is 6.32. The van der Waals surface area contributed by atoms with Gasteiger partial charge in [0.1, 0.15) is 0 Å². The molecule has 6 nitrogen and oxygen atoms in total. The van der Waals surface area contributed by atoms with Gasteiger partial charge in [-0.05, 0) is 30.2 Å². The Morgan fingerprint density at radius 3 is 2.56 bits per heavy atom. The van der Waals surface area contributed by atoms with Gasteiger partial charge in [0.15, 0.2) is 0 Å². The summed E-state index contributed by atoms with van der Waals surface area (Å²) in [4.78, 5) is 39.1. The second-order valence-electron chi connectivity index (χ2n) is 6.51. The van der Waals surface area contributed by atoms with Gasteiger partial charge in [0.2, 0.25) is 5.54 Å². The first kappa shape index (κ1) is 17.3. The van der Waals surface area contributed by atoms with Crippen LogP contribution in [0.15, 0.2) is 48.5 Å². The van der Waals surface area contributed by atoms with Crippen LogP contribution in [0.2, 0.25) is 5.02 Å². The summed E-state index contributed by atoms with van der Waals surface area (Å²) >= 11 is 6.17. The van der Waals surface area contributed by atoms with Crippen LogP contribution in [-0.4, -0.2) is 24.4 Å². The van der Waals surface area contributed by atoms with Crippen molar-refractivity contribution in [2.75, 3.05) is 11.4 Å². The van der Waals surface area contributed by atoms with E-state index in [1.54, 1.807) is 12.1 Å². The molecule has 0 saturated carbocycles. The van der Waals surface area contributed by atoms with Gasteiger partial charge < -0.3 is 10.2 Å². The van der Waals surface area contributed by atoms with E-state index in [-0.39, 0.29) is 6.54 Å². The van der Waals surface area contributed by atoms with Gasteiger partial charge >= 0.3 is 6.03 Å². The Morgan fingerprint density at radius 2 is 1.89 bits per heavy atom. The van der Waals surface area contributed by atoms with E-state index in [0.29, 0.717) is 16.3 Å². The van der Waals surface area contributed by atoms with Crippen LogP contribution < -0.4 is 15.5 Å². The second-order valence-corrected chi connectivity index (χ2v) is 6.94. The zero-order chi connectivity index (χ0) is 19.2. The number of nitrogens with one attached hydrogen (secondary N) is 2. The number of anilines is 1. The van der Waals surface area contributed by atoms with Gasteiger partial charge in [-0.25, -0.2) is 4.79 Å². The normalized spacial score (nSPS) is 21.1. The SMILES string of the molecule is Cc1cc(Cl)cc2c1N(CC=Cc1ccccc1)C(=O)C21NC(=O)NC1=O. The molecule has 1 unspecified atom stereocenters. The van der Waals surface area contributed by atoms with E-state index in [9.17, 15) is 14.4 Å². The van der Waals surface area contributed by atoms with E-state index < -0.39 is 23.4 Å². The average Bonchev–Trinajstić information content (AvgIpc) is 3.05. The molecule has 1 fully saturated rings. The molecule has 2 aliphatic heterocycles. The topological polar surface area (TPSA) is 78.5 Å². The van der Waals surface area contributed by atoms with Gasteiger partial charge in [-0.3, -0.25) is 14.9 Å². The lowest BCUT2D eigenvalue weighted by Gasteiger charge is -2.20. The van der Waals surface area contributed by atoms with Crippen molar-refractivity contribution >= 4 is 41.2 Å². The fourth-order valence-corrected chi connectivity index (χ4v) is 3.90. The van der Waals surface area contributed by atoms with Gasteiger partial charge in [-0.2, -0.15) is 0 Å². The maximum Gasteiger partial charge on any atom is 0.323 e. The van der Waals surface area contributed by atoms with Crippen molar-refractivity contribution in [3.8, 4) is 0 Å². The number of hydrogen-bond acceptors (Lipinski definition) is 3. The van der Waals surface area contributed by atoms with Crippen molar-refractivity contribution in [2.45, 2.75) is 12.5 Å². The number of amides is 4. The molecular formula is C20H16ClN3O3. The molecule has 2 aromatic carbocycles. The molecular weight excluding hydrogens is 366 g/mol. The summed E-state index contributed by atoms with van der Waals surface area (Å²) in [5.74, 6) is -1.18. The van der Waals surface area contributed by atoms with Gasteiger partial charge in [-0.15, -0.1) is 0 Å². The zero-order valence-electron chi connectivity index (χ0n) is 14.5. The molecule has 0 aromatic heterocycles. The number of halogens is 1. The van der Waals surface area contributed by atoms with Crippen LogP contribution in [0.25, 0.3) is 6.08 Å². The van der Waals surface area contributed by atoms with Crippen LogP contribution in [0.1, 0.15) is 16.7 Å². The number of benzene rings is 2. The molecule has 0 radical (unpaired) electrons. The Balaban J connectivity index is 1.76. The molecule has 0 bridgehead atoms. The molecule has 1 spiro atoms. The van der Waals surface area contributed by atoms with Gasteiger partial charge in [-0.1, -0.05) is 54.1 Å². The number of imide groups is 1. The lowest BCUT2D eigenvalue weighted by Crippen LogP contribution is -2.52. The Morgan fingerprint density at radius 1 is 1.15 bits per heavy atom. The van der Waals surface area contributed by atoms with Crippen molar-refractivity contribution in [1.82, 2.24) is 10.6 Å². The summed E-state index contributed by atoms with van der Waals surface area (Å²) < 4.78 is 0. The van der Waals surface area contributed by atoms with Crippen molar-refractivity contribution in [2.24, 2.45) is 0 Å². The standard InChI is InChI=1S/C20H16ClN3O3/c1-12-10-14(21)11-15-16(12)24(9-5-8-13-6-3-2-4-7-13)18(26)20(15)17(25)22-19(27)23-20/h2-8,10-11H,9H2,1H3,(H2,22,23,25,27). The number of hydrogen-bond donors (Lipinski definition) is 2. The third-order valence-electron chi connectivity index (χ3n) is 4.77. The monoisotopic (exact) mass is 381 g/mol. The lowest BCUT2D eigenvalue weighted by atomic mass is 9.90. The number of fused-ring (bicyclic) bond motifs is 2. The summed E-state index contributed by atoms with van der Waals surface area (Å²) in [6.07, 6.45) is 3.75. The molecule has 1 atom stereocenters. The largest absolute Gasteiger partial charge is 0.323 e. The molecule has 2 heterocycles. The summed E-state index contributed by atoms with van der Waals surface area (Å²) in [5, 5.41) is 5.07. The van der Waals surface area contributed by atoms with E-state index in [0.717, 1.165) is 11.1 Å². The van der Waals surface area contributed by atoms with Gasteiger partial charge in [0.25, 0.3) is 11.8 Å². The number of rotatable bonds is 3. The highest BCUT2D eigenvalue weighted by Gasteiger charge is 2.61. The van der Waals surface area contributed by atoms with Crippen molar-refractivity contribution in [1.29, 1.82) is 0 Å². The second kappa shape index (κ2) is 6.25. The Kier molecular flexibility index (Phi) is 4.00. The minimum absolute atomic E-state index is 0.258. The highest BCUT2D eigenvalue weighted by Crippen LogP contribution is 2.45. The first-order valence-electron chi connectivity index (χ1n) is 8.41. The van der Waals surface area contributed by atoms with Crippen LogP contribution in [0.4, 0.5) is 10.5 Å². The molecule has 2 aromatic rings. The third-order valence-corrected chi connectivity index (χ3v) is 4.99. The van der Waals surface area contributed by atoms with E-state index in [2.05, 4.69) is 10.6 Å². The Labute approximate surface area is 160 Å². The van der Waals surface area contributed by atoms with Crippen LogP contribution in [0.3, 0.4) is 0 Å². The first-order chi connectivity index (χ1) is 12.9. The first-order valence-corrected chi connectivity index (χ1v) is 8.79. The smallest absolute Gasteiger partial charge is 0.312 e. The minimum atomic E-state index is -1.76. The quantitative estimate of drug-likeness (QED) is 0.634. The number of carbonyl (C=O) groups is 3. The van der Waals surface area contributed by atoms with Gasteiger partial charge in [0, 0.05) is 17.1 Å². The Bertz CT molecular complexity index is 1000. The summed E-state index contributed by atoms with van der Waals surface area (Å²) in [6.45, 7) is 2.08. The van der Waals surface area contributed by atoms with Crippen molar-refractivity contribution < 1.29 is 14.4 Å². The van der Waals surface area contributed by atoms with Crippen LogP contribution in [0.5, 0.6) is 0 Å². The average molecular weight is 382 g/mol. The Hall–Kier alpha value is -3.12. The summed E-state index contributed by atoms with van der Waals surface area (Å²) in [5.41, 5.74) is 0.986. The minimum Gasteiger partial charge on any atom is -0.312 e.